The van der Waals surface area contributed by atoms with E-state index in [9.17, 15) is 0 Å². The average Bonchev–Trinajstić information content (AvgIpc) is 2.27. The number of ether oxygens (including phenoxy) is 1. The standard InChI is InChI=1S/C12H18N2O/c1-3-5-6-10-7-8-11(14-13)12(9-10)15-4-2/h7-9,13H,3-6H2,1-2H3. The molecule has 0 fully saturated rings. The first kappa shape index (κ1) is 11.7. The third-order valence-electron chi connectivity index (χ3n) is 2.26. The maximum atomic E-state index is 7.02. The van der Waals surface area contributed by atoms with E-state index in [-0.39, 0.29) is 0 Å². The third kappa shape index (κ3) is 3.35. The molecular weight excluding hydrogens is 188 g/mol. The molecule has 0 heterocycles. The number of hydrogen-bond donors (Lipinski definition) is 1. The van der Waals surface area contributed by atoms with E-state index < -0.39 is 0 Å². The second kappa shape index (κ2) is 6.17. The molecule has 0 aromatic heterocycles. The van der Waals surface area contributed by atoms with Crippen molar-refractivity contribution in [3.63, 3.8) is 0 Å². The molecule has 0 atom stereocenters. The Morgan fingerprint density at radius 1 is 1.33 bits per heavy atom. The van der Waals surface area contributed by atoms with Gasteiger partial charge in [-0.25, -0.2) is 5.53 Å². The van der Waals surface area contributed by atoms with E-state index in [2.05, 4.69) is 12.0 Å². The molecule has 1 N–H and O–H groups in total. The van der Waals surface area contributed by atoms with Gasteiger partial charge in [0.2, 0.25) is 0 Å². The molecule has 1 aromatic rings. The van der Waals surface area contributed by atoms with Gasteiger partial charge in [0.1, 0.15) is 11.4 Å². The number of unbranched alkanes of at least 4 members (excludes halogenated alkanes) is 1. The smallest absolute Gasteiger partial charge is 0.147 e. The van der Waals surface area contributed by atoms with Crippen molar-refractivity contribution in [2.45, 2.75) is 33.1 Å². The molecule has 0 spiro atoms. The van der Waals surface area contributed by atoms with Crippen LogP contribution in [0.4, 0.5) is 5.69 Å². The molecular formula is C12H18N2O. The van der Waals surface area contributed by atoms with Gasteiger partial charge < -0.3 is 4.74 Å². The van der Waals surface area contributed by atoms with Gasteiger partial charge in [-0.3, -0.25) is 0 Å². The lowest BCUT2D eigenvalue weighted by molar-refractivity contribution is 0.340. The van der Waals surface area contributed by atoms with E-state index in [0.717, 1.165) is 12.2 Å². The molecule has 1 aromatic carbocycles. The van der Waals surface area contributed by atoms with Gasteiger partial charge >= 0.3 is 0 Å². The van der Waals surface area contributed by atoms with E-state index in [1.54, 1.807) is 0 Å². The SMILES string of the molecule is CCCCc1ccc(N=N)c(OCC)c1. The summed E-state index contributed by atoms with van der Waals surface area (Å²) >= 11 is 0. The predicted octanol–water partition coefficient (Wildman–Crippen LogP) is 4.09. The van der Waals surface area contributed by atoms with Crippen LogP contribution in [0.3, 0.4) is 0 Å². The van der Waals surface area contributed by atoms with Crippen molar-refractivity contribution in [3.8, 4) is 5.75 Å². The van der Waals surface area contributed by atoms with Gasteiger partial charge in [-0.2, -0.15) is 5.11 Å². The molecule has 3 nitrogen and oxygen atoms in total. The molecule has 0 unspecified atom stereocenters. The van der Waals surface area contributed by atoms with Crippen LogP contribution >= 0.6 is 0 Å². The number of aryl methyl sites for hydroxylation is 1. The number of benzene rings is 1. The Bertz CT molecular complexity index is 323. The van der Waals surface area contributed by atoms with Gasteiger partial charge in [0.15, 0.2) is 0 Å². The molecule has 0 aliphatic carbocycles. The zero-order chi connectivity index (χ0) is 11.1. The van der Waals surface area contributed by atoms with Crippen LogP contribution in [0.1, 0.15) is 32.3 Å². The lowest BCUT2D eigenvalue weighted by atomic mass is 10.1. The monoisotopic (exact) mass is 206 g/mol. The highest BCUT2D eigenvalue weighted by atomic mass is 16.5. The molecule has 0 radical (unpaired) electrons. The Morgan fingerprint density at radius 3 is 2.73 bits per heavy atom. The van der Waals surface area contributed by atoms with Crippen molar-refractivity contribution in [1.82, 2.24) is 0 Å². The largest absolute Gasteiger partial charge is 0.492 e. The minimum atomic E-state index is 0.608. The Morgan fingerprint density at radius 2 is 2.13 bits per heavy atom. The van der Waals surface area contributed by atoms with Gasteiger partial charge in [-0.05, 0) is 37.5 Å². The number of rotatable bonds is 6. The quantitative estimate of drug-likeness (QED) is 0.700. The van der Waals surface area contributed by atoms with Crippen LogP contribution in [0, 0.1) is 5.53 Å². The van der Waals surface area contributed by atoms with Crippen molar-refractivity contribution in [2.75, 3.05) is 6.61 Å². The zero-order valence-corrected chi connectivity index (χ0v) is 9.42. The molecule has 15 heavy (non-hydrogen) atoms. The number of nitrogens with one attached hydrogen (secondary N) is 1. The Balaban J connectivity index is 2.83. The van der Waals surface area contributed by atoms with E-state index in [1.165, 1.54) is 18.4 Å². The van der Waals surface area contributed by atoms with Crippen LogP contribution in [0.2, 0.25) is 0 Å². The lowest BCUT2D eigenvalue weighted by Gasteiger charge is -2.08. The molecule has 0 amide bonds. The molecule has 0 aliphatic rings. The van der Waals surface area contributed by atoms with Crippen LogP contribution < -0.4 is 4.74 Å². The first-order valence-electron chi connectivity index (χ1n) is 5.45. The summed E-state index contributed by atoms with van der Waals surface area (Å²) in [5, 5.41) is 3.44. The van der Waals surface area contributed by atoms with Crippen molar-refractivity contribution in [1.29, 1.82) is 5.53 Å². The maximum Gasteiger partial charge on any atom is 0.147 e. The van der Waals surface area contributed by atoms with Gasteiger partial charge in [-0.15, -0.1) is 0 Å². The maximum absolute atomic E-state index is 7.02. The van der Waals surface area contributed by atoms with E-state index in [4.69, 9.17) is 10.3 Å². The molecule has 1 rings (SSSR count). The molecule has 82 valence electrons. The van der Waals surface area contributed by atoms with E-state index >= 15 is 0 Å². The fourth-order valence-electron chi connectivity index (χ4n) is 1.46. The fraction of sp³-hybridized carbons (Fsp3) is 0.500. The first-order chi connectivity index (χ1) is 7.31. The molecule has 0 aliphatic heterocycles. The summed E-state index contributed by atoms with van der Waals surface area (Å²) in [7, 11) is 0. The number of nitrogens with zero attached hydrogens (tertiary/aromatic N) is 1. The van der Waals surface area contributed by atoms with Crippen LogP contribution in [-0.2, 0) is 6.42 Å². The highest BCUT2D eigenvalue weighted by Crippen LogP contribution is 2.28. The van der Waals surface area contributed by atoms with Gasteiger partial charge in [-0.1, -0.05) is 19.4 Å². The minimum absolute atomic E-state index is 0.608. The van der Waals surface area contributed by atoms with E-state index in [1.807, 2.05) is 25.1 Å². The minimum Gasteiger partial charge on any atom is -0.492 e. The summed E-state index contributed by atoms with van der Waals surface area (Å²) in [4.78, 5) is 0. The van der Waals surface area contributed by atoms with Crippen molar-refractivity contribution in [3.05, 3.63) is 23.8 Å². The van der Waals surface area contributed by atoms with Crippen molar-refractivity contribution < 1.29 is 4.74 Å². The van der Waals surface area contributed by atoms with Gasteiger partial charge in [0.25, 0.3) is 0 Å². The molecule has 0 bridgehead atoms. The lowest BCUT2D eigenvalue weighted by Crippen LogP contribution is -1.93. The summed E-state index contributed by atoms with van der Waals surface area (Å²) in [6, 6.07) is 5.86. The fourth-order valence-corrected chi connectivity index (χ4v) is 1.46. The third-order valence-corrected chi connectivity index (χ3v) is 2.26. The van der Waals surface area contributed by atoms with Gasteiger partial charge in [0, 0.05) is 0 Å². The highest BCUT2D eigenvalue weighted by molar-refractivity contribution is 5.52. The Kier molecular flexibility index (Phi) is 4.81. The first-order valence-corrected chi connectivity index (χ1v) is 5.45. The Labute approximate surface area is 91.0 Å². The second-order valence-corrected chi connectivity index (χ2v) is 3.45. The Hall–Kier alpha value is -1.38. The molecule has 0 saturated heterocycles. The average molecular weight is 206 g/mol. The van der Waals surface area contributed by atoms with Crippen molar-refractivity contribution in [2.24, 2.45) is 5.11 Å². The predicted molar refractivity (Wildman–Crippen MR) is 61.0 cm³/mol. The molecule has 3 heteroatoms. The van der Waals surface area contributed by atoms with Crippen LogP contribution in [0.5, 0.6) is 5.75 Å². The highest BCUT2D eigenvalue weighted by Gasteiger charge is 2.03. The summed E-state index contributed by atoms with van der Waals surface area (Å²) in [5.74, 6) is 0.723. The summed E-state index contributed by atoms with van der Waals surface area (Å²) in [6.07, 6.45) is 3.44. The van der Waals surface area contributed by atoms with Crippen LogP contribution in [0.15, 0.2) is 23.3 Å². The van der Waals surface area contributed by atoms with Gasteiger partial charge in [0.05, 0.1) is 6.61 Å². The van der Waals surface area contributed by atoms with Crippen molar-refractivity contribution >= 4 is 5.69 Å². The normalized spacial score (nSPS) is 10.0. The zero-order valence-electron chi connectivity index (χ0n) is 9.42. The topological polar surface area (TPSA) is 45.4 Å². The second-order valence-electron chi connectivity index (χ2n) is 3.45. The summed E-state index contributed by atoms with van der Waals surface area (Å²) in [6.45, 7) is 4.73. The van der Waals surface area contributed by atoms with Crippen LogP contribution in [-0.4, -0.2) is 6.61 Å². The van der Waals surface area contributed by atoms with Crippen LogP contribution in [0.25, 0.3) is 0 Å². The summed E-state index contributed by atoms with van der Waals surface area (Å²) < 4.78 is 5.43. The summed E-state index contributed by atoms with van der Waals surface area (Å²) in [5.41, 5.74) is 8.88. The van der Waals surface area contributed by atoms with E-state index in [0.29, 0.717) is 12.3 Å². The molecule has 0 saturated carbocycles. The number of hydrogen-bond acceptors (Lipinski definition) is 3.